The van der Waals surface area contributed by atoms with Crippen LogP contribution in [0.1, 0.15) is 18.5 Å². The first kappa shape index (κ1) is 16.3. The molecule has 1 aliphatic heterocycles. The number of hydrogen-bond acceptors (Lipinski definition) is 7. The fourth-order valence-electron chi connectivity index (χ4n) is 2.67. The van der Waals surface area contributed by atoms with Gasteiger partial charge in [0.15, 0.2) is 15.5 Å². The fourth-order valence-corrected chi connectivity index (χ4v) is 3.58. The second kappa shape index (κ2) is 6.17. The first-order valence-electron chi connectivity index (χ1n) is 6.91. The predicted octanol–water partition coefficient (Wildman–Crippen LogP) is 2.70. The Balaban J connectivity index is 2.24. The molecule has 1 aliphatic rings. The molecule has 124 valence electrons. The van der Waals surface area contributed by atoms with Crippen molar-refractivity contribution in [2.24, 2.45) is 0 Å². The molecule has 1 amide bonds. The lowest BCUT2D eigenvalue weighted by molar-refractivity contribution is -0.117. The number of carbonyl (C=O) groups excluding carboxylic acids is 2. The van der Waals surface area contributed by atoms with Crippen molar-refractivity contribution < 1.29 is 19.4 Å². The molecule has 1 unspecified atom stereocenters. The molecule has 2 N–H and O–H groups in total. The van der Waals surface area contributed by atoms with Gasteiger partial charge in [-0.1, -0.05) is 29.5 Å². The molecule has 0 radical (unpaired) electrons. The molecule has 0 saturated heterocycles. The van der Waals surface area contributed by atoms with Gasteiger partial charge in [0.25, 0.3) is 5.91 Å². The van der Waals surface area contributed by atoms with Crippen LogP contribution in [-0.2, 0) is 9.59 Å². The summed E-state index contributed by atoms with van der Waals surface area (Å²) in [4.78, 5) is 25.9. The molecular weight excluding hydrogens is 350 g/mol. The molecule has 0 saturated carbocycles. The number of para-hydroxylation sites is 1. The van der Waals surface area contributed by atoms with Gasteiger partial charge in [-0.15, -0.1) is 5.10 Å². The summed E-state index contributed by atoms with van der Waals surface area (Å²) in [5, 5.41) is 17.1. The lowest BCUT2D eigenvalue weighted by Crippen LogP contribution is -2.31. The minimum absolute atomic E-state index is 0.00520. The number of amides is 1. The predicted molar refractivity (Wildman–Crippen MR) is 90.9 cm³/mol. The summed E-state index contributed by atoms with van der Waals surface area (Å²) in [6, 6.07) is 6.16. The number of carbonyl (C=O) groups is 2. The first-order chi connectivity index (χ1) is 11.5. The molecule has 1 aromatic heterocycles. The Morgan fingerprint density at radius 3 is 2.75 bits per heavy atom. The maximum Gasteiger partial charge on any atom is 0.296 e. The van der Waals surface area contributed by atoms with Crippen LogP contribution >= 0.6 is 23.6 Å². The van der Waals surface area contributed by atoms with Gasteiger partial charge in [0.05, 0.1) is 12.7 Å². The number of hydrogen-bond donors (Lipinski definition) is 2. The van der Waals surface area contributed by atoms with Gasteiger partial charge in [-0.2, -0.15) is 0 Å². The molecule has 3 rings (SSSR count). The Morgan fingerprint density at radius 2 is 2.17 bits per heavy atom. The summed E-state index contributed by atoms with van der Waals surface area (Å²) in [6.07, 6.45) is 0. The normalized spacial score (nSPS) is 17.5. The lowest BCUT2D eigenvalue weighted by atomic mass is 9.96. The van der Waals surface area contributed by atoms with Crippen molar-refractivity contribution in [3.63, 3.8) is 0 Å². The maximum absolute atomic E-state index is 12.6. The molecule has 1 atom stereocenters. The number of ether oxygens (including phenoxy) is 1. The molecule has 2 aromatic rings. The van der Waals surface area contributed by atoms with E-state index in [-0.39, 0.29) is 10.7 Å². The topological polar surface area (TPSA) is 95.5 Å². The van der Waals surface area contributed by atoms with E-state index in [1.165, 1.54) is 18.9 Å². The van der Waals surface area contributed by atoms with Gasteiger partial charge in [0.1, 0.15) is 11.8 Å². The van der Waals surface area contributed by atoms with Crippen LogP contribution in [0.5, 0.6) is 5.75 Å². The molecule has 2 heterocycles. The van der Waals surface area contributed by atoms with Crippen molar-refractivity contribution in [1.29, 1.82) is 0 Å². The molecular formula is C15H13N3O4S2. The lowest BCUT2D eigenvalue weighted by Gasteiger charge is -2.25. The third-order valence-corrected chi connectivity index (χ3v) is 4.74. The number of benzene rings is 1. The molecule has 0 bridgehead atoms. The molecule has 9 heteroatoms. The molecule has 7 nitrogen and oxygen atoms in total. The van der Waals surface area contributed by atoms with E-state index in [0.29, 0.717) is 15.3 Å². The largest absolute Gasteiger partial charge is 0.503 e. The van der Waals surface area contributed by atoms with E-state index < -0.39 is 23.5 Å². The quantitative estimate of drug-likeness (QED) is 0.811. The maximum atomic E-state index is 12.6. The Morgan fingerprint density at radius 1 is 1.46 bits per heavy atom. The van der Waals surface area contributed by atoms with E-state index in [2.05, 4.69) is 10.2 Å². The van der Waals surface area contributed by atoms with E-state index in [4.69, 9.17) is 17.0 Å². The van der Waals surface area contributed by atoms with Crippen molar-refractivity contribution in [1.82, 2.24) is 10.2 Å². The van der Waals surface area contributed by atoms with Gasteiger partial charge in [0.2, 0.25) is 5.13 Å². The second-order valence-electron chi connectivity index (χ2n) is 5.03. The molecule has 0 spiro atoms. The number of aliphatic hydroxyl groups is 1. The third kappa shape index (κ3) is 2.51. The monoisotopic (exact) mass is 363 g/mol. The highest BCUT2D eigenvalue weighted by molar-refractivity contribution is 7.73. The van der Waals surface area contributed by atoms with Crippen LogP contribution in [0, 0.1) is 3.95 Å². The Kier molecular flexibility index (Phi) is 4.20. The average Bonchev–Trinajstić information content (AvgIpc) is 3.09. The summed E-state index contributed by atoms with van der Waals surface area (Å²) in [7, 11) is 1.50. The summed E-state index contributed by atoms with van der Waals surface area (Å²) >= 11 is 6.10. The number of nitrogens with one attached hydrogen (secondary N) is 1. The van der Waals surface area contributed by atoms with Gasteiger partial charge in [-0.05, 0) is 25.2 Å². The van der Waals surface area contributed by atoms with E-state index >= 15 is 0 Å². The number of aromatic nitrogens is 2. The van der Waals surface area contributed by atoms with E-state index in [1.807, 2.05) is 0 Å². The van der Waals surface area contributed by atoms with Crippen LogP contribution in [0.15, 0.2) is 35.6 Å². The molecule has 0 fully saturated rings. The zero-order valence-electron chi connectivity index (χ0n) is 12.8. The number of aromatic amines is 1. The molecule has 0 aliphatic carbocycles. The average molecular weight is 363 g/mol. The Hall–Kier alpha value is -2.52. The molecule has 1 aromatic carbocycles. The second-order valence-corrected chi connectivity index (χ2v) is 6.68. The van der Waals surface area contributed by atoms with Crippen molar-refractivity contribution in [3.05, 3.63) is 45.1 Å². The fraction of sp³-hybridized carbons (Fsp3) is 0.200. The van der Waals surface area contributed by atoms with Crippen LogP contribution in [0.4, 0.5) is 5.13 Å². The smallest absolute Gasteiger partial charge is 0.296 e. The van der Waals surface area contributed by atoms with Gasteiger partial charge in [-0.3, -0.25) is 19.6 Å². The standard InChI is InChI=1S/C15H13N3O4S2/c1-7(19)10-11(8-5-3-4-6-9(8)22-2)18(13(21)12(10)20)14-16-17-15(23)24-14/h3-6,11,20H,1-2H3,(H,17,23). The summed E-state index contributed by atoms with van der Waals surface area (Å²) < 4.78 is 5.73. The number of Topliss-reactive ketones (excluding diaryl/α,β-unsaturated/α-hetero) is 1. The van der Waals surface area contributed by atoms with Gasteiger partial charge in [-0.25, -0.2) is 0 Å². The van der Waals surface area contributed by atoms with Crippen molar-refractivity contribution in [2.45, 2.75) is 13.0 Å². The zero-order valence-corrected chi connectivity index (χ0v) is 14.4. The Bertz CT molecular complexity index is 915. The zero-order chi connectivity index (χ0) is 17.4. The highest BCUT2D eigenvalue weighted by atomic mass is 32.1. The van der Waals surface area contributed by atoms with E-state index in [9.17, 15) is 14.7 Å². The minimum atomic E-state index is -0.833. The van der Waals surface area contributed by atoms with Crippen LogP contribution in [0.25, 0.3) is 0 Å². The number of ketones is 1. The SMILES string of the molecule is COc1ccccc1C1C(C(C)=O)=C(O)C(=O)N1c1n[nH]c(=S)s1. The van der Waals surface area contributed by atoms with E-state index in [0.717, 1.165) is 11.3 Å². The number of aliphatic hydroxyl groups excluding tert-OH is 1. The number of rotatable bonds is 4. The molecule has 24 heavy (non-hydrogen) atoms. The number of anilines is 1. The highest BCUT2D eigenvalue weighted by Crippen LogP contribution is 2.44. The van der Waals surface area contributed by atoms with Crippen LogP contribution in [-0.4, -0.2) is 34.1 Å². The van der Waals surface area contributed by atoms with Crippen LogP contribution in [0.2, 0.25) is 0 Å². The number of H-pyrrole nitrogens is 1. The van der Waals surface area contributed by atoms with Crippen LogP contribution < -0.4 is 9.64 Å². The van der Waals surface area contributed by atoms with Crippen LogP contribution in [0.3, 0.4) is 0 Å². The Labute approximate surface area is 146 Å². The highest BCUT2D eigenvalue weighted by Gasteiger charge is 2.45. The van der Waals surface area contributed by atoms with Gasteiger partial charge >= 0.3 is 0 Å². The first-order valence-corrected chi connectivity index (χ1v) is 8.14. The van der Waals surface area contributed by atoms with E-state index in [1.54, 1.807) is 24.3 Å². The summed E-state index contributed by atoms with van der Waals surface area (Å²) in [6.45, 7) is 1.30. The number of nitrogens with zero attached hydrogens (tertiary/aromatic N) is 2. The minimum Gasteiger partial charge on any atom is -0.503 e. The van der Waals surface area contributed by atoms with Gasteiger partial charge < -0.3 is 9.84 Å². The summed E-state index contributed by atoms with van der Waals surface area (Å²) in [5.74, 6) is -1.19. The third-order valence-electron chi connectivity index (χ3n) is 3.65. The van der Waals surface area contributed by atoms with Gasteiger partial charge in [0, 0.05) is 5.56 Å². The van der Waals surface area contributed by atoms with Crippen molar-refractivity contribution >= 4 is 40.4 Å². The van der Waals surface area contributed by atoms with Crippen molar-refractivity contribution in [3.8, 4) is 5.75 Å². The van der Waals surface area contributed by atoms with Crippen molar-refractivity contribution in [2.75, 3.05) is 12.0 Å². The number of methoxy groups -OCH3 is 1. The summed E-state index contributed by atoms with van der Waals surface area (Å²) in [5.41, 5.74) is 0.578.